The lowest BCUT2D eigenvalue weighted by atomic mass is 9.61. The summed E-state index contributed by atoms with van der Waals surface area (Å²) in [6, 6.07) is 8.01. The van der Waals surface area contributed by atoms with Crippen molar-refractivity contribution >= 4 is 6.09 Å². The number of aromatic nitrogens is 2. The number of nitrogens with zero attached hydrogens (tertiary/aromatic N) is 2. The Labute approximate surface area is 223 Å². The summed E-state index contributed by atoms with van der Waals surface area (Å²) in [5.41, 5.74) is 8.71. The van der Waals surface area contributed by atoms with Crippen LogP contribution in [0.4, 0.5) is 4.79 Å². The molecule has 0 bridgehead atoms. The molecule has 1 aliphatic heterocycles. The van der Waals surface area contributed by atoms with E-state index in [1.165, 1.54) is 0 Å². The van der Waals surface area contributed by atoms with Crippen molar-refractivity contribution in [1.29, 1.82) is 5.26 Å². The minimum Gasteiger partial charge on any atom is -0.444 e. The summed E-state index contributed by atoms with van der Waals surface area (Å²) in [4.78, 5) is 12.0. The van der Waals surface area contributed by atoms with E-state index >= 15 is 0 Å². The number of aliphatic hydroxyl groups excluding tert-OH is 1. The molecule has 1 aromatic carbocycles. The highest BCUT2D eigenvalue weighted by Crippen LogP contribution is 2.52. The molecule has 1 unspecified atom stereocenters. The molecule has 2 aromatic rings. The number of rotatable bonds is 4. The number of allylic oxidation sites excluding steroid dienone is 1. The molecule has 0 radical (unpaired) electrons. The van der Waals surface area contributed by atoms with Gasteiger partial charge >= 0.3 is 6.09 Å². The molecule has 9 heteroatoms. The summed E-state index contributed by atoms with van der Waals surface area (Å²) in [7, 11) is 0. The molecule has 2 heterocycles. The van der Waals surface area contributed by atoms with E-state index in [1.54, 1.807) is 0 Å². The molecular weight excluding hydrogens is 482 g/mol. The van der Waals surface area contributed by atoms with Crippen LogP contribution in [-0.2, 0) is 16.8 Å². The number of hydrogen-bond donors (Lipinski definition) is 4. The fourth-order valence-electron chi connectivity index (χ4n) is 5.37. The molecule has 5 N–H and O–H groups in total. The van der Waals surface area contributed by atoms with Crippen LogP contribution in [0.3, 0.4) is 0 Å². The molecule has 2 aliphatic rings. The van der Waals surface area contributed by atoms with Crippen molar-refractivity contribution < 1.29 is 19.4 Å². The number of aliphatic hydroxyl groups is 1. The maximum Gasteiger partial charge on any atom is 0.407 e. The molecule has 200 valence electrons. The molecule has 9 nitrogen and oxygen atoms in total. The first kappa shape index (κ1) is 27.1. The second-order valence-corrected chi connectivity index (χ2v) is 11.3. The molecule has 4 rings (SSSR count). The molecule has 1 atom stereocenters. The first-order valence-corrected chi connectivity index (χ1v) is 12.8. The zero-order valence-corrected chi connectivity index (χ0v) is 22.7. The number of aromatic amines is 1. The number of nitrogens with one attached hydrogen (secondary N) is 2. The van der Waals surface area contributed by atoms with Gasteiger partial charge in [-0.3, -0.25) is 0 Å². The second-order valence-electron chi connectivity index (χ2n) is 11.3. The number of aryl methyl sites for hydroxylation is 1. The van der Waals surface area contributed by atoms with E-state index in [0.29, 0.717) is 22.7 Å². The fourth-order valence-corrected chi connectivity index (χ4v) is 5.37. The Morgan fingerprint density at radius 2 is 2.08 bits per heavy atom. The highest BCUT2D eigenvalue weighted by molar-refractivity contribution is 5.68. The first-order valence-electron chi connectivity index (χ1n) is 12.8. The van der Waals surface area contributed by atoms with Gasteiger partial charge in [-0.1, -0.05) is 31.8 Å². The normalized spacial score (nSPS) is 22.4. The molecule has 0 saturated heterocycles. The lowest BCUT2D eigenvalue weighted by Crippen LogP contribution is -2.45. The molecule has 1 saturated carbocycles. The minimum absolute atomic E-state index is 0.0254. The van der Waals surface area contributed by atoms with Gasteiger partial charge in [-0.05, 0) is 69.7 Å². The average molecular weight is 518 g/mol. The minimum atomic E-state index is -0.940. The second kappa shape index (κ2) is 10.1. The van der Waals surface area contributed by atoms with Gasteiger partial charge in [0.05, 0.1) is 23.3 Å². The Kier molecular flexibility index (Phi) is 7.18. The lowest BCUT2D eigenvalue weighted by Gasteiger charge is -2.41. The van der Waals surface area contributed by atoms with Gasteiger partial charge in [-0.2, -0.15) is 10.4 Å². The van der Waals surface area contributed by atoms with Crippen LogP contribution in [0.1, 0.15) is 75.4 Å². The zero-order chi connectivity index (χ0) is 27.8. The number of fused-ring (bicyclic) bond motifs is 1. The Balaban J connectivity index is 1.67. The van der Waals surface area contributed by atoms with Crippen LogP contribution in [0, 0.1) is 41.9 Å². The van der Waals surface area contributed by atoms with E-state index in [-0.39, 0.29) is 30.4 Å². The number of benzene rings is 1. The monoisotopic (exact) mass is 517 g/mol. The summed E-state index contributed by atoms with van der Waals surface area (Å²) in [6.07, 6.45) is 1.06. The Morgan fingerprint density at radius 3 is 2.68 bits per heavy atom. The highest BCUT2D eigenvalue weighted by atomic mass is 16.6. The van der Waals surface area contributed by atoms with Gasteiger partial charge in [0.1, 0.15) is 17.2 Å². The largest absolute Gasteiger partial charge is 0.444 e. The quantitative estimate of drug-likeness (QED) is 0.450. The van der Waals surface area contributed by atoms with E-state index in [4.69, 9.17) is 15.2 Å². The van der Waals surface area contributed by atoms with Crippen molar-refractivity contribution in [2.45, 2.75) is 78.0 Å². The predicted molar refractivity (Wildman–Crippen MR) is 142 cm³/mol. The number of amides is 1. The van der Waals surface area contributed by atoms with Crippen LogP contribution in [0.5, 0.6) is 5.88 Å². The SMILES string of the molecule is Cc1n[nH]c2c1C(c1cc(C#C[C@H]3C[C@H](NC(=O)OC(C)(C)C)C3)cc(CO)c1)(C(C)C)C(C#N)=C(N)O2. The van der Waals surface area contributed by atoms with Gasteiger partial charge in [-0.25, -0.2) is 9.89 Å². The van der Waals surface area contributed by atoms with Crippen molar-refractivity contribution in [1.82, 2.24) is 15.5 Å². The number of nitriles is 1. The van der Waals surface area contributed by atoms with Crippen molar-refractivity contribution in [3.63, 3.8) is 0 Å². The molecule has 1 aromatic heterocycles. The maximum atomic E-state index is 12.0. The van der Waals surface area contributed by atoms with Crippen LogP contribution in [0.2, 0.25) is 0 Å². The van der Waals surface area contributed by atoms with Crippen LogP contribution in [0.15, 0.2) is 29.7 Å². The number of nitrogens with two attached hydrogens (primary N) is 1. The summed E-state index contributed by atoms with van der Waals surface area (Å²) in [5, 5.41) is 30.4. The van der Waals surface area contributed by atoms with E-state index in [2.05, 4.69) is 33.4 Å². The zero-order valence-electron chi connectivity index (χ0n) is 22.7. The van der Waals surface area contributed by atoms with Crippen LogP contribution >= 0.6 is 0 Å². The van der Waals surface area contributed by atoms with Crippen molar-refractivity contribution in [2.24, 2.45) is 17.6 Å². The summed E-state index contributed by atoms with van der Waals surface area (Å²) >= 11 is 0. The Bertz CT molecular complexity index is 1380. The van der Waals surface area contributed by atoms with Crippen molar-refractivity contribution in [3.05, 3.63) is 57.6 Å². The maximum absolute atomic E-state index is 12.0. The predicted octanol–water partition coefficient (Wildman–Crippen LogP) is 3.89. The van der Waals surface area contributed by atoms with Crippen LogP contribution in [-0.4, -0.2) is 33.0 Å². The third kappa shape index (κ3) is 4.94. The topological polar surface area (TPSA) is 146 Å². The number of alkyl carbamates (subject to hydrolysis) is 1. The smallest absolute Gasteiger partial charge is 0.407 e. The van der Waals surface area contributed by atoms with Gasteiger partial charge in [0.15, 0.2) is 0 Å². The average Bonchev–Trinajstić information content (AvgIpc) is 3.17. The summed E-state index contributed by atoms with van der Waals surface area (Å²) in [5.74, 6) is 7.02. The third-order valence-corrected chi connectivity index (χ3v) is 7.05. The first-order chi connectivity index (χ1) is 17.9. The van der Waals surface area contributed by atoms with Crippen LogP contribution < -0.4 is 15.8 Å². The molecule has 1 aliphatic carbocycles. The van der Waals surface area contributed by atoms with Gasteiger partial charge in [-0.15, -0.1) is 0 Å². The van der Waals surface area contributed by atoms with Crippen molar-refractivity contribution in [3.8, 4) is 23.8 Å². The van der Waals surface area contributed by atoms with E-state index < -0.39 is 17.1 Å². The van der Waals surface area contributed by atoms with E-state index in [1.807, 2.05) is 59.7 Å². The van der Waals surface area contributed by atoms with Crippen LogP contribution in [0.25, 0.3) is 0 Å². The highest BCUT2D eigenvalue weighted by Gasteiger charge is 2.50. The number of H-pyrrole nitrogens is 1. The molecule has 0 spiro atoms. The van der Waals surface area contributed by atoms with Crippen molar-refractivity contribution in [2.75, 3.05) is 0 Å². The van der Waals surface area contributed by atoms with E-state index in [0.717, 1.165) is 29.5 Å². The van der Waals surface area contributed by atoms with Gasteiger partial charge in [0, 0.05) is 17.5 Å². The lowest BCUT2D eigenvalue weighted by molar-refractivity contribution is 0.0467. The third-order valence-electron chi connectivity index (χ3n) is 7.05. The molecule has 38 heavy (non-hydrogen) atoms. The van der Waals surface area contributed by atoms with Gasteiger partial charge in [0.25, 0.3) is 0 Å². The Hall–Kier alpha value is -3.95. The molecule has 1 fully saturated rings. The molecule has 1 amide bonds. The van der Waals surface area contributed by atoms with E-state index in [9.17, 15) is 15.2 Å². The molecular formula is C29H35N5O4. The Morgan fingerprint density at radius 1 is 1.37 bits per heavy atom. The standard InChI is InChI=1S/C29H35N5O4/c1-16(2)29(23(14-30)25(31)37-26-24(29)17(3)33-34-26)21-10-18(9-20(11-21)15-35)7-8-19-12-22(13-19)32-27(36)38-28(4,5)6/h9-11,16,19,22,35H,12-13,15,31H2,1-6H3,(H,32,36)(H,33,34)/t19-,22-,29?. The number of hydrogen-bond acceptors (Lipinski definition) is 7. The van der Waals surface area contributed by atoms with Gasteiger partial charge < -0.3 is 25.6 Å². The number of ether oxygens (including phenoxy) is 2. The number of carbonyl (C=O) groups is 1. The summed E-state index contributed by atoms with van der Waals surface area (Å²) in [6.45, 7) is 11.2. The number of carbonyl (C=O) groups excluding carboxylic acids is 1. The fraction of sp³-hybridized carbons (Fsp3) is 0.483. The van der Waals surface area contributed by atoms with Gasteiger partial charge in [0.2, 0.25) is 11.8 Å². The summed E-state index contributed by atoms with van der Waals surface area (Å²) < 4.78 is 11.1.